The molecule has 94 valence electrons. The largest absolute Gasteiger partial charge is 0.326 e. The Morgan fingerprint density at radius 3 is 2.65 bits per heavy atom. The van der Waals surface area contributed by atoms with Gasteiger partial charge in [-0.2, -0.15) is 0 Å². The minimum absolute atomic E-state index is 0.0468. The molecule has 17 heavy (non-hydrogen) atoms. The number of anilines is 1. The van der Waals surface area contributed by atoms with Crippen molar-refractivity contribution in [2.75, 3.05) is 33.0 Å². The molecule has 0 saturated heterocycles. The fourth-order valence-corrected chi connectivity index (χ4v) is 1.57. The van der Waals surface area contributed by atoms with Crippen LogP contribution in [0.2, 0.25) is 0 Å². The molecule has 0 aromatic heterocycles. The Balaban J connectivity index is 2.66. The molecule has 0 unspecified atom stereocenters. The Morgan fingerprint density at radius 1 is 1.29 bits per heavy atom. The van der Waals surface area contributed by atoms with Crippen molar-refractivity contribution < 1.29 is 4.79 Å². The summed E-state index contributed by atoms with van der Waals surface area (Å²) in [6, 6.07) is 7.90. The fraction of sp³-hybridized carbons (Fsp3) is 0.462. The van der Waals surface area contributed by atoms with E-state index in [0.29, 0.717) is 13.0 Å². The number of carbonyl (C=O) groups is 1. The van der Waals surface area contributed by atoms with Gasteiger partial charge in [-0.15, -0.1) is 0 Å². The van der Waals surface area contributed by atoms with Gasteiger partial charge in [-0.1, -0.05) is 18.2 Å². The van der Waals surface area contributed by atoms with Crippen LogP contribution in [0.4, 0.5) is 5.69 Å². The van der Waals surface area contributed by atoms with Crippen LogP contribution in [-0.2, 0) is 11.3 Å². The first-order valence-electron chi connectivity index (χ1n) is 5.80. The third-order valence-corrected chi connectivity index (χ3v) is 2.38. The summed E-state index contributed by atoms with van der Waals surface area (Å²) in [4.78, 5) is 13.7. The van der Waals surface area contributed by atoms with Gasteiger partial charge in [0.25, 0.3) is 0 Å². The van der Waals surface area contributed by atoms with Crippen LogP contribution < -0.4 is 10.6 Å². The van der Waals surface area contributed by atoms with Crippen molar-refractivity contribution in [1.82, 2.24) is 10.2 Å². The molecule has 4 heteroatoms. The Labute approximate surface area is 103 Å². The number of nitrogens with one attached hydrogen (secondary N) is 2. The van der Waals surface area contributed by atoms with Gasteiger partial charge in [-0.25, -0.2) is 0 Å². The van der Waals surface area contributed by atoms with Gasteiger partial charge in [0.05, 0.1) is 0 Å². The van der Waals surface area contributed by atoms with Crippen LogP contribution in [0.1, 0.15) is 12.0 Å². The average molecular weight is 235 g/mol. The van der Waals surface area contributed by atoms with Gasteiger partial charge >= 0.3 is 0 Å². The van der Waals surface area contributed by atoms with Gasteiger partial charge in [0.2, 0.25) is 5.91 Å². The predicted octanol–water partition coefficient (Wildman–Crippen LogP) is 1.30. The van der Waals surface area contributed by atoms with Crippen LogP contribution in [0.5, 0.6) is 0 Å². The molecule has 1 rings (SSSR count). The molecule has 1 amide bonds. The highest BCUT2D eigenvalue weighted by atomic mass is 16.1. The van der Waals surface area contributed by atoms with E-state index in [9.17, 15) is 4.79 Å². The third-order valence-electron chi connectivity index (χ3n) is 2.38. The normalized spacial score (nSPS) is 10.6. The Bertz CT molecular complexity index is 363. The van der Waals surface area contributed by atoms with E-state index in [0.717, 1.165) is 17.8 Å². The summed E-state index contributed by atoms with van der Waals surface area (Å²) in [6.45, 7) is 1.52. The molecule has 0 spiro atoms. The molecule has 4 nitrogen and oxygen atoms in total. The molecule has 0 bridgehead atoms. The van der Waals surface area contributed by atoms with Gasteiger partial charge in [0, 0.05) is 25.2 Å². The first-order chi connectivity index (χ1) is 8.13. The SMILES string of the molecule is CNCCC(=O)Nc1ccccc1CN(C)C. The highest BCUT2D eigenvalue weighted by Crippen LogP contribution is 2.16. The minimum Gasteiger partial charge on any atom is -0.326 e. The quantitative estimate of drug-likeness (QED) is 0.781. The van der Waals surface area contributed by atoms with E-state index >= 15 is 0 Å². The number of para-hydroxylation sites is 1. The lowest BCUT2D eigenvalue weighted by Gasteiger charge is -2.14. The predicted molar refractivity (Wildman–Crippen MR) is 71.0 cm³/mol. The summed E-state index contributed by atoms with van der Waals surface area (Å²) in [7, 11) is 5.87. The van der Waals surface area contributed by atoms with Crippen LogP contribution in [0.15, 0.2) is 24.3 Å². The van der Waals surface area contributed by atoms with E-state index in [1.807, 2.05) is 45.4 Å². The van der Waals surface area contributed by atoms with Crippen molar-refractivity contribution in [1.29, 1.82) is 0 Å². The standard InChI is InChI=1S/C13H21N3O/c1-14-9-8-13(17)15-12-7-5-4-6-11(12)10-16(2)3/h4-7,14H,8-10H2,1-3H3,(H,15,17). The monoisotopic (exact) mass is 235 g/mol. The maximum atomic E-state index is 11.6. The number of rotatable bonds is 6. The van der Waals surface area contributed by atoms with Crippen molar-refractivity contribution in [3.05, 3.63) is 29.8 Å². The van der Waals surface area contributed by atoms with E-state index in [2.05, 4.69) is 15.5 Å². The number of nitrogens with zero attached hydrogens (tertiary/aromatic N) is 1. The zero-order chi connectivity index (χ0) is 12.7. The second-order valence-electron chi connectivity index (χ2n) is 4.30. The Morgan fingerprint density at radius 2 is 2.00 bits per heavy atom. The van der Waals surface area contributed by atoms with Crippen LogP contribution in [0.25, 0.3) is 0 Å². The van der Waals surface area contributed by atoms with Crippen molar-refractivity contribution >= 4 is 11.6 Å². The summed E-state index contributed by atoms with van der Waals surface area (Å²) in [5.41, 5.74) is 2.04. The minimum atomic E-state index is 0.0468. The zero-order valence-corrected chi connectivity index (χ0v) is 10.8. The van der Waals surface area contributed by atoms with E-state index in [1.165, 1.54) is 0 Å². The molecule has 1 aromatic rings. The van der Waals surface area contributed by atoms with Gasteiger partial charge in [-0.3, -0.25) is 4.79 Å². The second-order valence-corrected chi connectivity index (χ2v) is 4.30. The number of hydrogen-bond acceptors (Lipinski definition) is 3. The first kappa shape index (κ1) is 13.7. The highest BCUT2D eigenvalue weighted by molar-refractivity contribution is 5.91. The van der Waals surface area contributed by atoms with Crippen molar-refractivity contribution in [3.63, 3.8) is 0 Å². The van der Waals surface area contributed by atoms with E-state index in [1.54, 1.807) is 0 Å². The lowest BCUT2D eigenvalue weighted by Crippen LogP contribution is -2.20. The van der Waals surface area contributed by atoms with Gasteiger partial charge in [-0.05, 0) is 32.8 Å². The van der Waals surface area contributed by atoms with Crippen molar-refractivity contribution in [2.24, 2.45) is 0 Å². The molecule has 1 aromatic carbocycles. The van der Waals surface area contributed by atoms with Gasteiger partial charge in [0.1, 0.15) is 0 Å². The molecule has 0 atom stereocenters. The highest BCUT2D eigenvalue weighted by Gasteiger charge is 2.06. The molecular weight excluding hydrogens is 214 g/mol. The smallest absolute Gasteiger partial charge is 0.225 e. The van der Waals surface area contributed by atoms with Gasteiger partial charge in [0.15, 0.2) is 0 Å². The molecule has 0 aliphatic carbocycles. The maximum absolute atomic E-state index is 11.6. The molecule has 0 heterocycles. The lowest BCUT2D eigenvalue weighted by molar-refractivity contribution is -0.116. The zero-order valence-electron chi connectivity index (χ0n) is 10.8. The van der Waals surface area contributed by atoms with Crippen molar-refractivity contribution in [2.45, 2.75) is 13.0 Å². The van der Waals surface area contributed by atoms with Crippen LogP contribution in [0.3, 0.4) is 0 Å². The van der Waals surface area contributed by atoms with Crippen LogP contribution >= 0.6 is 0 Å². The molecule has 0 aliphatic heterocycles. The number of benzene rings is 1. The molecule has 0 fully saturated rings. The summed E-state index contributed by atoms with van der Waals surface area (Å²) >= 11 is 0. The maximum Gasteiger partial charge on any atom is 0.225 e. The molecular formula is C13H21N3O. The van der Waals surface area contributed by atoms with Crippen molar-refractivity contribution in [3.8, 4) is 0 Å². The third kappa shape index (κ3) is 4.97. The van der Waals surface area contributed by atoms with Crippen LogP contribution in [-0.4, -0.2) is 38.5 Å². The van der Waals surface area contributed by atoms with E-state index < -0.39 is 0 Å². The first-order valence-corrected chi connectivity index (χ1v) is 5.80. The molecule has 0 radical (unpaired) electrons. The number of carbonyl (C=O) groups excluding carboxylic acids is 1. The number of hydrogen-bond donors (Lipinski definition) is 2. The lowest BCUT2D eigenvalue weighted by atomic mass is 10.1. The summed E-state index contributed by atoms with van der Waals surface area (Å²) in [6.07, 6.45) is 0.493. The van der Waals surface area contributed by atoms with Gasteiger partial charge < -0.3 is 15.5 Å². The summed E-state index contributed by atoms with van der Waals surface area (Å²) in [5.74, 6) is 0.0468. The Kier molecular flexibility index (Phi) is 5.66. The molecule has 0 saturated carbocycles. The molecule has 0 aliphatic rings. The fourth-order valence-electron chi connectivity index (χ4n) is 1.57. The average Bonchev–Trinajstić information content (AvgIpc) is 2.28. The number of amides is 1. The summed E-state index contributed by atoms with van der Waals surface area (Å²) in [5, 5.41) is 5.91. The summed E-state index contributed by atoms with van der Waals surface area (Å²) < 4.78 is 0. The topological polar surface area (TPSA) is 44.4 Å². The Hall–Kier alpha value is -1.39. The second kappa shape index (κ2) is 7.04. The van der Waals surface area contributed by atoms with Crippen LogP contribution in [0, 0.1) is 0 Å². The molecule has 2 N–H and O–H groups in total. The van der Waals surface area contributed by atoms with E-state index in [-0.39, 0.29) is 5.91 Å². The van der Waals surface area contributed by atoms with E-state index in [4.69, 9.17) is 0 Å².